The molecule has 2 saturated heterocycles. The van der Waals surface area contributed by atoms with Gasteiger partial charge in [-0.15, -0.1) is 13.2 Å². The molecule has 2 aliphatic heterocycles. The van der Waals surface area contributed by atoms with Crippen molar-refractivity contribution in [3.8, 4) is 0 Å². The van der Waals surface area contributed by atoms with Gasteiger partial charge in [-0.05, 0) is 25.8 Å². The summed E-state index contributed by atoms with van der Waals surface area (Å²) in [6.07, 6.45) is -2.92. The highest BCUT2D eigenvalue weighted by Gasteiger charge is 2.51. The number of ether oxygens (including phenoxy) is 2. The Kier molecular flexibility index (Phi) is 3.16. The van der Waals surface area contributed by atoms with Crippen LogP contribution in [0.1, 0.15) is 19.3 Å². The molecule has 0 spiro atoms. The zero-order chi connectivity index (χ0) is 11.8. The van der Waals surface area contributed by atoms with E-state index < -0.39 is 12.5 Å². The minimum absolute atomic E-state index is 0.218. The highest BCUT2D eigenvalue weighted by Crippen LogP contribution is 2.41. The lowest BCUT2D eigenvalue weighted by atomic mass is 9.94. The van der Waals surface area contributed by atoms with Crippen LogP contribution in [0.15, 0.2) is 0 Å². The summed E-state index contributed by atoms with van der Waals surface area (Å²) in [5.74, 6) is 0. The van der Waals surface area contributed by atoms with Crippen molar-refractivity contribution in [1.82, 2.24) is 4.90 Å². The second kappa shape index (κ2) is 4.16. The molecule has 94 valence electrons. The first-order valence-electron chi connectivity index (χ1n) is 5.44. The largest absolute Gasteiger partial charge is 0.522 e. The molecular weight excluding hydrogens is 223 g/mol. The van der Waals surface area contributed by atoms with E-state index in [0.717, 1.165) is 19.4 Å². The smallest absolute Gasteiger partial charge is 0.383 e. The first-order valence-corrected chi connectivity index (χ1v) is 5.44. The predicted molar refractivity (Wildman–Crippen MR) is 51.0 cm³/mol. The molecule has 0 radical (unpaired) electrons. The quantitative estimate of drug-likeness (QED) is 0.749. The van der Waals surface area contributed by atoms with Crippen molar-refractivity contribution in [3.63, 3.8) is 0 Å². The van der Waals surface area contributed by atoms with Crippen LogP contribution in [0.25, 0.3) is 0 Å². The second-order valence-electron chi connectivity index (χ2n) is 4.60. The van der Waals surface area contributed by atoms with Crippen LogP contribution in [-0.2, 0) is 9.47 Å². The van der Waals surface area contributed by atoms with Gasteiger partial charge in [-0.25, -0.2) is 0 Å². The Balaban J connectivity index is 1.99. The number of alkyl halides is 3. The molecule has 0 aliphatic carbocycles. The fourth-order valence-corrected chi connectivity index (χ4v) is 3.00. The third-order valence-corrected chi connectivity index (χ3v) is 3.49. The second-order valence-corrected chi connectivity index (χ2v) is 4.60. The molecule has 3 nitrogen and oxygen atoms in total. The number of nitrogens with zero attached hydrogens (tertiary/aromatic N) is 1. The van der Waals surface area contributed by atoms with Crippen LogP contribution in [0.2, 0.25) is 0 Å². The molecular formula is C10H16F3NO2. The standard InChI is InChI=1S/C10H16F3NO2/c1-15-7-9-3-2-4-14(9)6-8(5-9)16-10(11,12)13/h8H,2-7H2,1H3. The number of halogens is 3. The van der Waals surface area contributed by atoms with Gasteiger partial charge in [0.1, 0.15) is 0 Å². The summed E-state index contributed by atoms with van der Waals surface area (Å²) >= 11 is 0. The molecule has 2 aliphatic rings. The van der Waals surface area contributed by atoms with Crippen LogP contribution in [0, 0.1) is 0 Å². The summed E-state index contributed by atoms with van der Waals surface area (Å²) in [5, 5.41) is 0. The number of rotatable bonds is 3. The number of fused-ring (bicyclic) bond motifs is 1. The molecule has 2 fully saturated rings. The Labute approximate surface area is 92.5 Å². The molecule has 0 aromatic carbocycles. The Morgan fingerprint density at radius 3 is 2.81 bits per heavy atom. The van der Waals surface area contributed by atoms with Crippen molar-refractivity contribution in [2.45, 2.75) is 37.3 Å². The van der Waals surface area contributed by atoms with E-state index in [9.17, 15) is 13.2 Å². The van der Waals surface area contributed by atoms with Crippen LogP contribution < -0.4 is 0 Å². The number of hydrogen-bond acceptors (Lipinski definition) is 3. The van der Waals surface area contributed by atoms with E-state index in [1.165, 1.54) is 0 Å². The van der Waals surface area contributed by atoms with Gasteiger partial charge in [0, 0.05) is 19.2 Å². The van der Waals surface area contributed by atoms with E-state index in [0.29, 0.717) is 19.6 Å². The monoisotopic (exact) mass is 239 g/mol. The van der Waals surface area contributed by atoms with Gasteiger partial charge in [-0.3, -0.25) is 9.64 Å². The normalized spacial score (nSPS) is 35.6. The lowest BCUT2D eigenvalue weighted by molar-refractivity contribution is -0.340. The van der Waals surface area contributed by atoms with Crippen LogP contribution in [0.5, 0.6) is 0 Å². The van der Waals surface area contributed by atoms with Crippen molar-refractivity contribution in [2.75, 3.05) is 26.8 Å². The molecule has 2 rings (SSSR count). The molecule has 0 bridgehead atoms. The summed E-state index contributed by atoms with van der Waals surface area (Å²) < 4.78 is 45.6. The van der Waals surface area contributed by atoms with Gasteiger partial charge >= 0.3 is 6.36 Å². The van der Waals surface area contributed by atoms with Crippen molar-refractivity contribution in [1.29, 1.82) is 0 Å². The van der Waals surface area contributed by atoms with Gasteiger partial charge in [-0.2, -0.15) is 0 Å². The van der Waals surface area contributed by atoms with E-state index in [1.54, 1.807) is 7.11 Å². The molecule has 16 heavy (non-hydrogen) atoms. The summed E-state index contributed by atoms with van der Waals surface area (Å²) in [4.78, 5) is 2.08. The number of hydrogen-bond donors (Lipinski definition) is 0. The maximum absolute atomic E-state index is 12.1. The zero-order valence-electron chi connectivity index (χ0n) is 9.22. The fraction of sp³-hybridized carbons (Fsp3) is 1.00. The highest BCUT2D eigenvalue weighted by molar-refractivity contribution is 5.03. The van der Waals surface area contributed by atoms with Gasteiger partial charge in [-0.1, -0.05) is 0 Å². The van der Waals surface area contributed by atoms with E-state index in [2.05, 4.69) is 9.64 Å². The minimum atomic E-state index is -4.53. The van der Waals surface area contributed by atoms with E-state index in [4.69, 9.17) is 4.74 Å². The van der Waals surface area contributed by atoms with E-state index in [-0.39, 0.29) is 5.54 Å². The first kappa shape index (κ1) is 12.1. The van der Waals surface area contributed by atoms with Gasteiger partial charge in [0.05, 0.1) is 12.7 Å². The SMILES string of the molecule is COCC12CCCN1CC(OC(F)(F)F)C2. The molecule has 6 heteroatoms. The van der Waals surface area contributed by atoms with Crippen molar-refractivity contribution >= 4 is 0 Å². The van der Waals surface area contributed by atoms with Crippen molar-refractivity contribution in [2.24, 2.45) is 0 Å². The van der Waals surface area contributed by atoms with Gasteiger partial charge < -0.3 is 4.74 Å². The Morgan fingerprint density at radius 1 is 1.44 bits per heavy atom. The Morgan fingerprint density at radius 2 is 2.19 bits per heavy atom. The molecule has 2 atom stereocenters. The van der Waals surface area contributed by atoms with Gasteiger partial charge in [0.2, 0.25) is 0 Å². The maximum Gasteiger partial charge on any atom is 0.522 e. The average molecular weight is 239 g/mol. The zero-order valence-corrected chi connectivity index (χ0v) is 9.22. The molecule has 2 unspecified atom stereocenters. The summed E-state index contributed by atoms with van der Waals surface area (Å²) in [5.41, 5.74) is -0.218. The third kappa shape index (κ3) is 2.33. The third-order valence-electron chi connectivity index (χ3n) is 3.49. The average Bonchev–Trinajstić information content (AvgIpc) is 2.57. The van der Waals surface area contributed by atoms with Gasteiger partial charge in [0.25, 0.3) is 0 Å². The minimum Gasteiger partial charge on any atom is -0.383 e. The van der Waals surface area contributed by atoms with Crippen molar-refractivity contribution in [3.05, 3.63) is 0 Å². The van der Waals surface area contributed by atoms with Crippen LogP contribution in [0.3, 0.4) is 0 Å². The molecule has 0 aromatic heterocycles. The van der Waals surface area contributed by atoms with Crippen LogP contribution >= 0.6 is 0 Å². The molecule has 0 amide bonds. The van der Waals surface area contributed by atoms with Crippen LogP contribution in [-0.4, -0.2) is 49.7 Å². The first-order chi connectivity index (χ1) is 7.45. The molecule has 0 aromatic rings. The Hall–Kier alpha value is -0.330. The van der Waals surface area contributed by atoms with Gasteiger partial charge in [0.15, 0.2) is 0 Å². The number of methoxy groups -OCH3 is 1. The lowest BCUT2D eigenvalue weighted by Gasteiger charge is -2.30. The lowest BCUT2D eigenvalue weighted by Crippen LogP contribution is -2.42. The fourth-order valence-electron chi connectivity index (χ4n) is 3.00. The maximum atomic E-state index is 12.1. The predicted octanol–water partition coefficient (Wildman–Crippen LogP) is 1.78. The summed E-state index contributed by atoms with van der Waals surface area (Å²) in [6.45, 7) is 1.70. The van der Waals surface area contributed by atoms with Crippen LogP contribution in [0.4, 0.5) is 13.2 Å². The molecule has 0 N–H and O–H groups in total. The Bertz CT molecular complexity index is 259. The summed E-state index contributed by atoms with van der Waals surface area (Å²) in [6, 6.07) is 0. The topological polar surface area (TPSA) is 21.7 Å². The van der Waals surface area contributed by atoms with Crippen molar-refractivity contribution < 1.29 is 22.6 Å². The highest BCUT2D eigenvalue weighted by atomic mass is 19.4. The molecule has 0 saturated carbocycles. The van der Waals surface area contributed by atoms with E-state index in [1.807, 2.05) is 0 Å². The summed E-state index contributed by atoms with van der Waals surface area (Å²) in [7, 11) is 1.59. The molecule has 2 heterocycles. The van der Waals surface area contributed by atoms with E-state index >= 15 is 0 Å².